The molecule has 0 radical (unpaired) electrons. The summed E-state index contributed by atoms with van der Waals surface area (Å²) in [4.78, 5) is 32.2. The van der Waals surface area contributed by atoms with Crippen molar-refractivity contribution in [3.63, 3.8) is 0 Å². The summed E-state index contributed by atoms with van der Waals surface area (Å²) in [6.45, 7) is 7.70. The van der Waals surface area contributed by atoms with Gasteiger partial charge in [-0.15, -0.1) is 23.1 Å². The average Bonchev–Trinajstić information content (AvgIpc) is 3.11. The number of aryl methyl sites for hydroxylation is 1. The van der Waals surface area contributed by atoms with Gasteiger partial charge in [0, 0.05) is 5.54 Å². The number of ether oxygens (including phenoxy) is 1. The van der Waals surface area contributed by atoms with Gasteiger partial charge in [0.25, 0.3) is 5.56 Å². The lowest BCUT2D eigenvalue weighted by Crippen LogP contribution is -2.44. The number of thioether (sulfide) groups is 2. The minimum Gasteiger partial charge on any atom is -0.497 e. The molecule has 0 saturated heterocycles. The summed E-state index contributed by atoms with van der Waals surface area (Å²) in [6.07, 6.45) is 1.96. The molecule has 0 spiro atoms. The molecule has 170 valence electrons. The van der Waals surface area contributed by atoms with Crippen LogP contribution in [0.3, 0.4) is 0 Å². The van der Waals surface area contributed by atoms with Crippen molar-refractivity contribution in [1.29, 1.82) is 0 Å². The van der Waals surface area contributed by atoms with Gasteiger partial charge in [0.15, 0.2) is 5.16 Å². The number of aromatic nitrogens is 2. The first-order valence-electron chi connectivity index (χ1n) is 10.5. The number of amides is 1. The van der Waals surface area contributed by atoms with Crippen LogP contribution in [-0.2, 0) is 11.2 Å². The van der Waals surface area contributed by atoms with Gasteiger partial charge in [-0.1, -0.05) is 11.8 Å². The van der Waals surface area contributed by atoms with Crippen LogP contribution in [0.4, 0.5) is 0 Å². The molecule has 1 amide bonds. The lowest BCUT2D eigenvalue weighted by Gasteiger charge is -2.23. The second-order valence-electron chi connectivity index (χ2n) is 8.73. The second-order valence-corrected chi connectivity index (χ2v) is 12.4. The zero-order chi connectivity index (χ0) is 23.0. The van der Waals surface area contributed by atoms with Gasteiger partial charge >= 0.3 is 0 Å². The summed E-state index contributed by atoms with van der Waals surface area (Å²) in [5, 5.41) is 3.84. The molecule has 6 nitrogen and oxygen atoms in total. The predicted octanol–water partition coefficient (Wildman–Crippen LogP) is 4.89. The standard InChI is InChI=1S/C23H27N3O3S3/c1-13(18(27)25-23(2,3)4)31-22-24-19-17(16-7-6-12-30-21(16)32-19)20(28)26(22)14-8-10-15(29-5)11-9-14/h8-11,13H,6-7,12H2,1-5H3,(H,25,27)/t13-/m1/s1. The molecule has 1 N–H and O–H groups in total. The van der Waals surface area contributed by atoms with Crippen molar-refractivity contribution in [2.45, 2.75) is 60.7 Å². The summed E-state index contributed by atoms with van der Waals surface area (Å²) < 4.78 is 8.11. The zero-order valence-corrected chi connectivity index (χ0v) is 21.3. The molecule has 0 unspecified atom stereocenters. The molecule has 0 bridgehead atoms. The number of carbonyl (C=O) groups excluding carboxylic acids is 1. The van der Waals surface area contributed by atoms with E-state index in [1.54, 1.807) is 34.8 Å². The van der Waals surface area contributed by atoms with Crippen LogP contribution in [-0.4, -0.2) is 39.1 Å². The number of thiophene rings is 1. The molecule has 2 aromatic heterocycles. The van der Waals surface area contributed by atoms with Crippen LogP contribution in [0.15, 0.2) is 38.4 Å². The molecular weight excluding hydrogens is 462 g/mol. The van der Waals surface area contributed by atoms with Crippen LogP contribution < -0.4 is 15.6 Å². The fourth-order valence-electron chi connectivity index (χ4n) is 3.54. The van der Waals surface area contributed by atoms with Gasteiger partial charge in [-0.2, -0.15) is 0 Å². The quantitative estimate of drug-likeness (QED) is 0.406. The summed E-state index contributed by atoms with van der Waals surface area (Å²) >= 11 is 4.70. The number of benzene rings is 1. The Balaban J connectivity index is 1.84. The maximum atomic E-state index is 13.8. The minimum atomic E-state index is -0.410. The molecular formula is C23H27N3O3S3. The van der Waals surface area contributed by atoms with Crippen molar-refractivity contribution in [1.82, 2.24) is 14.9 Å². The van der Waals surface area contributed by atoms with E-state index in [2.05, 4.69) is 5.32 Å². The normalized spacial score (nSPS) is 14.8. The molecule has 0 fully saturated rings. The first-order valence-corrected chi connectivity index (χ1v) is 13.2. The Bertz CT molecular complexity index is 1210. The maximum Gasteiger partial charge on any atom is 0.267 e. The molecule has 1 aromatic carbocycles. The van der Waals surface area contributed by atoms with Gasteiger partial charge in [0.2, 0.25) is 5.91 Å². The van der Waals surface area contributed by atoms with Gasteiger partial charge in [-0.05, 0) is 76.1 Å². The van der Waals surface area contributed by atoms with Crippen LogP contribution in [0.1, 0.15) is 39.7 Å². The van der Waals surface area contributed by atoms with Gasteiger partial charge < -0.3 is 10.1 Å². The Labute approximate surface area is 200 Å². The van der Waals surface area contributed by atoms with Crippen LogP contribution >= 0.6 is 34.9 Å². The summed E-state index contributed by atoms with van der Waals surface area (Å²) in [7, 11) is 1.61. The molecule has 1 aliphatic rings. The van der Waals surface area contributed by atoms with Crippen LogP contribution in [0, 0.1) is 0 Å². The second kappa shape index (κ2) is 9.11. The van der Waals surface area contributed by atoms with E-state index in [0.29, 0.717) is 22.0 Å². The summed E-state index contributed by atoms with van der Waals surface area (Å²) in [5.41, 5.74) is 1.42. The van der Waals surface area contributed by atoms with Crippen molar-refractivity contribution in [3.8, 4) is 11.4 Å². The Morgan fingerprint density at radius 3 is 2.66 bits per heavy atom. The summed E-state index contributed by atoms with van der Waals surface area (Å²) in [5.74, 6) is 1.70. The molecule has 32 heavy (non-hydrogen) atoms. The average molecular weight is 490 g/mol. The van der Waals surface area contributed by atoms with Crippen molar-refractivity contribution in [3.05, 3.63) is 40.2 Å². The largest absolute Gasteiger partial charge is 0.497 e. The lowest BCUT2D eigenvalue weighted by molar-refractivity contribution is -0.121. The molecule has 0 saturated carbocycles. The Hall–Kier alpha value is -1.97. The van der Waals surface area contributed by atoms with Crippen molar-refractivity contribution in [2.75, 3.05) is 12.9 Å². The third-order valence-electron chi connectivity index (χ3n) is 5.04. The first-order chi connectivity index (χ1) is 15.2. The van der Waals surface area contributed by atoms with Gasteiger partial charge in [-0.3, -0.25) is 14.2 Å². The molecule has 9 heteroatoms. The number of rotatable bonds is 5. The van der Waals surface area contributed by atoms with Gasteiger partial charge in [0.1, 0.15) is 10.6 Å². The number of hydrogen-bond acceptors (Lipinski definition) is 7. The number of nitrogens with one attached hydrogen (secondary N) is 1. The number of hydrogen-bond donors (Lipinski definition) is 1. The van der Waals surface area contributed by atoms with Crippen LogP contribution in [0.5, 0.6) is 5.75 Å². The fraction of sp³-hybridized carbons (Fsp3) is 0.435. The Morgan fingerprint density at radius 1 is 1.28 bits per heavy atom. The predicted molar refractivity (Wildman–Crippen MR) is 134 cm³/mol. The van der Waals surface area contributed by atoms with E-state index in [1.165, 1.54) is 16.0 Å². The molecule has 1 aliphatic heterocycles. The van der Waals surface area contributed by atoms with Crippen molar-refractivity contribution in [2.24, 2.45) is 0 Å². The topological polar surface area (TPSA) is 73.2 Å². The highest BCUT2D eigenvalue weighted by atomic mass is 32.2. The van der Waals surface area contributed by atoms with E-state index in [0.717, 1.165) is 29.0 Å². The van der Waals surface area contributed by atoms with E-state index in [-0.39, 0.29) is 17.0 Å². The molecule has 1 atom stereocenters. The van der Waals surface area contributed by atoms with Crippen LogP contribution in [0.2, 0.25) is 0 Å². The highest BCUT2D eigenvalue weighted by Gasteiger charge is 2.26. The third-order valence-corrected chi connectivity index (χ3v) is 8.62. The molecule has 0 aliphatic carbocycles. The lowest BCUT2D eigenvalue weighted by atomic mass is 10.1. The van der Waals surface area contributed by atoms with E-state index >= 15 is 0 Å². The molecule has 3 heterocycles. The van der Waals surface area contributed by atoms with Crippen molar-refractivity contribution >= 4 is 51.0 Å². The highest BCUT2D eigenvalue weighted by molar-refractivity contribution is 8.01. The number of methoxy groups -OCH3 is 1. The molecule has 4 rings (SSSR count). The Morgan fingerprint density at radius 2 is 2.00 bits per heavy atom. The Kier molecular flexibility index (Phi) is 6.61. The van der Waals surface area contributed by atoms with Gasteiger partial charge in [0.05, 0.1) is 27.6 Å². The van der Waals surface area contributed by atoms with E-state index in [4.69, 9.17) is 9.72 Å². The van der Waals surface area contributed by atoms with E-state index in [1.807, 2.05) is 52.0 Å². The fourth-order valence-corrected chi connectivity index (χ4v) is 7.05. The molecule has 3 aromatic rings. The maximum absolute atomic E-state index is 13.8. The van der Waals surface area contributed by atoms with Gasteiger partial charge in [-0.25, -0.2) is 4.98 Å². The summed E-state index contributed by atoms with van der Waals surface area (Å²) in [6, 6.07) is 7.36. The van der Waals surface area contributed by atoms with E-state index in [9.17, 15) is 9.59 Å². The highest BCUT2D eigenvalue weighted by Crippen LogP contribution is 2.41. The number of carbonyl (C=O) groups is 1. The SMILES string of the molecule is COc1ccc(-n2c(S[C@H](C)C(=O)NC(C)(C)C)nc3sc4c(c3c2=O)CCCS4)cc1. The number of fused-ring (bicyclic) bond motifs is 3. The third kappa shape index (κ3) is 4.70. The van der Waals surface area contributed by atoms with Crippen molar-refractivity contribution < 1.29 is 9.53 Å². The zero-order valence-electron chi connectivity index (χ0n) is 18.9. The van der Waals surface area contributed by atoms with E-state index < -0.39 is 5.25 Å². The first kappa shape index (κ1) is 23.2. The van der Waals surface area contributed by atoms with Crippen LogP contribution in [0.25, 0.3) is 15.9 Å². The monoisotopic (exact) mass is 489 g/mol. The number of nitrogens with zero attached hydrogens (tertiary/aromatic N) is 2. The minimum absolute atomic E-state index is 0.0777. The smallest absolute Gasteiger partial charge is 0.267 e.